The fourth-order valence-electron chi connectivity index (χ4n) is 4.91. The number of aryl methyl sites for hydroxylation is 2. The van der Waals surface area contributed by atoms with E-state index in [1.807, 2.05) is 0 Å². The van der Waals surface area contributed by atoms with Gasteiger partial charge in [-0.25, -0.2) is 0 Å². The number of piperidine rings is 1. The molecule has 3 aliphatic rings. The quantitative estimate of drug-likeness (QED) is 0.830. The lowest BCUT2D eigenvalue weighted by Gasteiger charge is -2.37. The molecule has 2 saturated heterocycles. The van der Waals surface area contributed by atoms with E-state index in [-0.39, 0.29) is 0 Å². The summed E-state index contributed by atoms with van der Waals surface area (Å²) in [6.45, 7) is 5.79. The van der Waals surface area contributed by atoms with Crippen LogP contribution in [0.1, 0.15) is 61.9 Å². The zero-order chi connectivity index (χ0) is 18.5. The van der Waals surface area contributed by atoms with Crippen molar-refractivity contribution in [2.45, 2.75) is 70.3 Å². The molecule has 4 rings (SSSR count). The molecule has 1 aromatic rings. The number of carbonyl (C=O) groups is 1. The number of hydrogen-bond donors (Lipinski definition) is 1. The molecule has 1 atom stereocenters. The third-order valence-electron chi connectivity index (χ3n) is 6.55. The summed E-state index contributed by atoms with van der Waals surface area (Å²) in [6, 6.07) is 0.419. The van der Waals surface area contributed by atoms with Gasteiger partial charge in [0.2, 0.25) is 5.91 Å². The van der Waals surface area contributed by atoms with Gasteiger partial charge in [0.25, 0.3) is 0 Å². The lowest BCUT2D eigenvalue weighted by atomic mass is 9.94. The number of carbonyl (C=O) groups excluding carboxylic acids is 1. The van der Waals surface area contributed by atoms with Crippen molar-refractivity contribution < 1.29 is 9.53 Å². The van der Waals surface area contributed by atoms with E-state index in [9.17, 15) is 4.79 Å². The molecule has 0 saturated carbocycles. The van der Waals surface area contributed by atoms with Gasteiger partial charge in [-0.1, -0.05) is 0 Å². The predicted molar refractivity (Wildman–Crippen MR) is 105 cm³/mol. The Labute approximate surface area is 162 Å². The highest BCUT2D eigenvalue weighted by molar-refractivity contribution is 5.77. The standard InChI is InChI=1S/C21H34N4O2/c26-21(9-8-20-18-6-1-2-7-19(18)22-23-20)25-11-4-3-5-17(25)10-12-24-13-15-27-16-14-24/h17H,1-16H2,(H,22,23). The van der Waals surface area contributed by atoms with Crippen LogP contribution in [-0.2, 0) is 28.8 Å². The van der Waals surface area contributed by atoms with E-state index in [0.717, 1.165) is 83.6 Å². The van der Waals surface area contributed by atoms with E-state index < -0.39 is 0 Å². The van der Waals surface area contributed by atoms with Gasteiger partial charge in [0.15, 0.2) is 0 Å². The highest BCUT2D eigenvalue weighted by atomic mass is 16.5. The van der Waals surface area contributed by atoms with Gasteiger partial charge < -0.3 is 9.64 Å². The lowest BCUT2D eigenvalue weighted by molar-refractivity contribution is -0.135. The van der Waals surface area contributed by atoms with Crippen molar-refractivity contribution in [1.29, 1.82) is 0 Å². The van der Waals surface area contributed by atoms with Crippen molar-refractivity contribution in [3.63, 3.8) is 0 Å². The zero-order valence-electron chi connectivity index (χ0n) is 16.5. The second kappa shape index (κ2) is 9.20. The molecule has 2 fully saturated rings. The third kappa shape index (κ3) is 4.72. The van der Waals surface area contributed by atoms with Crippen molar-refractivity contribution in [3.05, 3.63) is 17.0 Å². The number of fused-ring (bicyclic) bond motifs is 1. The smallest absolute Gasteiger partial charge is 0.223 e. The van der Waals surface area contributed by atoms with Crippen LogP contribution in [0.5, 0.6) is 0 Å². The summed E-state index contributed by atoms with van der Waals surface area (Å²) in [5.41, 5.74) is 3.85. The number of likely N-dealkylation sites (tertiary alicyclic amines) is 1. The van der Waals surface area contributed by atoms with E-state index >= 15 is 0 Å². The minimum absolute atomic E-state index is 0.328. The molecule has 27 heavy (non-hydrogen) atoms. The lowest BCUT2D eigenvalue weighted by Crippen LogP contribution is -2.46. The van der Waals surface area contributed by atoms with Gasteiger partial charge in [-0.3, -0.25) is 14.8 Å². The number of H-pyrrole nitrogens is 1. The van der Waals surface area contributed by atoms with Crippen LogP contribution < -0.4 is 0 Å². The molecule has 1 unspecified atom stereocenters. The molecule has 1 N–H and O–H groups in total. The summed E-state index contributed by atoms with van der Waals surface area (Å²) >= 11 is 0. The van der Waals surface area contributed by atoms with Crippen molar-refractivity contribution in [3.8, 4) is 0 Å². The molecule has 150 valence electrons. The fourth-order valence-corrected chi connectivity index (χ4v) is 4.91. The molecule has 2 aliphatic heterocycles. The summed E-state index contributed by atoms with van der Waals surface area (Å²) in [4.78, 5) is 17.6. The number of nitrogens with zero attached hydrogens (tertiary/aromatic N) is 3. The number of amides is 1. The molecule has 6 heteroatoms. The molecular formula is C21H34N4O2. The molecule has 0 spiro atoms. The number of aromatic amines is 1. The maximum Gasteiger partial charge on any atom is 0.223 e. The highest BCUT2D eigenvalue weighted by Gasteiger charge is 2.27. The molecule has 0 bridgehead atoms. The number of morpholine rings is 1. The van der Waals surface area contributed by atoms with Crippen LogP contribution in [0.2, 0.25) is 0 Å². The average Bonchev–Trinajstić information content (AvgIpc) is 3.15. The normalized spacial score (nSPS) is 24.0. The Bertz CT molecular complexity index is 624. The Balaban J connectivity index is 1.29. The first kappa shape index (κ1) is 18.9. The molecular weight excluding hydrogens is 340 g/mol. The number of rotatable bonds is 6. The Morgan fingerprint density at radius 2 is 1.96 bits per heavy atom. The fraction of sp³-hybridized carbons (Fsp3) is 0.810. The SMILES string of the molecule is O=C(CCc1n[nH]c2c1CCCC2)N1CCCCC1CCN1CCOCC1. The third-order valence-corrected chi connectivity index (χ3v) is 6.55. The highest BCUT2D eigenvalue weighted by Crippen LogP contribution is 2.25. The maximum absolute atomic E-state index is 13.0. The maximum atomic E-state index is 13.0. The van der Waals surface area contributed by atoms with Crippen LogP contribution >= 0.6 is 0 Å². The van der Waals surface area contributed by atoms with Crippen molar-refractivity contribution in [2.24, 2.45) is 0 Å². The second-order valence-electron chi connectivity index (χ2n) is 8.31. The first-order valence-corrected chi connectivity index (χ1v) is 11.0. The average molecular weight is 375 g/mol. The Morgan fingerprint density at radius 3 is 2.85 bits per heavy atom. The van der Waals surface area contributed by atoms with Gasteiger partial charge in [-0.15, -0.1) is 0 Å². The van der Waals surface area contributed by atoms with Crippen LogP contribution in [0.4, 0.5) is 0 Å². The van der Waals surface area contributed by atoms with Crippen molar-refractivity contribution in [2.75, 3.05) is 39.4 Å². The molecule has 0 radical (unpaired) electrons. The predicted octanol–water partition coefficient (Wildman–Crippen LogP) is 2.32. The summed E-state index contributed by atoms with van der Waals surface area (Å²) < 4.78 is 5.44. The van der Waals surface area contributed by atoms with Crippen LogP contribution in [0.3, 0.4) is 0 Å². The minimum Gasteiger partial charge on any atom is -0.379 e. The molecule has 3 heterocycles. The van der Waals surface area contributed by atoms with Crippen molar-refractivity contribution >= 4 is 5.91 Å². The molecule has 1 aliphatic carbocycles. The summed E-state index contributed by atoms with van der Waals surface area (Å²) in [6.07, 6.45) is 10.8. The van der Waals surface area contributed by atoms with Crippen LogP contribution in [-0.4, -0.2) is 71.3 Å². The largest absolute Gasteiger partial charge is 0.379 e. The van der Waals surface area contributed by atoms with E-state index in [1.165, 1.54) is 30.5 Å². The molecule has 1 amide bonds. The van der Waals surface area contributed by atoms with Crippen LogP contribution in [0.25, 0.3) is 0 Å². The molecule has 0 aromatic carbocycles. The topological polar surface area (TPSA) is 61.5 Å². The van der Waals surface area contributed by atoms with E-state index in [0.29, 0.717) is 18.4 Å². The van der Waals surface area contributed by atoms with Crippen molar-refractivity contribution in [1.82, 2.24) is 20.0 Å². The second-order valence-corrected chi connectivity index (χ2v) is 8.31. The Morgan fingerprint density at radius 1 is 1.11 bits per heavy atom. The van der Waals surface area contributed by atoms with Gasteiger partial charge >= 0.3 is 0 Å². The number of ether oxygens (including phenoxy) is 1. The Hall–Kier alpha value is -1.40. The zero-order valence-corrected chi connectivity index (χ0v) is 16.5. The van der Waals surface area contributed by atoms with Crippen LogP contribution in [0.15, 0.2) is 0 Å². The first-order chi connectivity index (χ1) is 13.3. The van der Waals surface area contributed by atoms with Gasteiger partial charge in [0.05, 0.1) is 18.9 Å². The first-order valence-electron chi connectivity index (χ1n) is 11.0. The van der Waals surface area contributed by atoms with Gasteiger partial charge in [-0.2, -0.15) is 5.10 Å². The number of nitrogens with one attached hydrogen (secondary N) is 1. The minimum atomic E-state index is 0.328. The molecule has 1 aromatic heterocycles. The van der Waals surface area contributed by atoms with Gasteiger partial charge in [0, 0.05) is 50.8 Å². The van der Waals surface area contributed by atoms with E-state index in [4.69, 9.17) is 4.74 Å². The van der Waals surface area contributed by atoms with Gasteiger partial charge in [0.1, 0.15) is 0 Å². The van der Waals surface area contributed by atoms with E-state index in [2.05, 4.69) is 20.0 Å². The summed E-state index contributed by atoms with van der Waals surface area (Å²) in [5, 5.41) is 7.72. The van der Waals surface area contributed by atoms with E-state index in [1.54, 1.807) is 0 Å². The number of hydrogen-bond acceptors (Lipinski definition) is 4. The Kier molecular flexibility index (Phi) is 6.45. The van der Waals surface area contributed by atoms with Gasteiger partial charge in [-0.05, 0) is 56.9 Å². The summed E-state index contributed by atoms with van der Waals surface area (Å²) in [7, 11) is 0. The summed E-state index contributed by atoms with van der Waals surface area (Å²) in [5.74, 6) is 0.328. The number of aromatic nitrogens is 2. The molecule has 6 nitrogen and oxygen atoms in total. The van der Waals surface area contributed by atoms with Crippen LogP contribution in [0, 0.1) is 0 Å². The monoisotopic (exact) mass is 374 g/mol.